The van der Waals surface area contributed by atoms with E-state index in [-0.39, 0.29) is 11.8 Å². The number of piperazine rings is 1. The van der Waals surface area contributed by atoms with E-state index in [2.05, 4.69) is 16.7 Å². The van der Waals surface area contributed by atoms with E-state index >= 15 is 0 Å². The van der Waals surface area contributed by atoms with Crippen molar-refractivity contribution in [2.75, 3.05) is 59.6 Å². The molecule has 7 nitrogen and oxygen atoms in total. The van der Waals surface area contributed by atoms with Crippen LogP contribution in [0.3, 0.4) is 0 Å². The van der Waals surface area contributed by atoms with Crippen molar-refractivity contribution in [3.05, 3.63) is 35.5 Å². The summed E-state index contributed by atoms with van der Waals surface area (Å²) in [7, 11) is 1.62. The molecule has 0 spiro atoms. The lowest BCUT2D eigenvalue weighted by Crippen LogP contribution is -2.47. The van der Waals surface area contributed by atoms with Crippen LogP contribution in [0.1, 0.15) is 25.8 Å². The molecule has 2 amide bonds. The Morgan fingerprint density at radius 3 is 2.24 bits per heavy atom. The number of hydrogen-bond acceptors (Lipinski definition) is 6. The maximum Gasteiger partial charge on any atom is 0.277 e. The van der Waals surface area contributed by atoms with E-state index in [1.54, 1.807) is 7.11 Å². The van der Waals surface area contributed by atoms with E-state index in [9.17, 15) is 9.59 Å². The van der Waals surface area contributed by atoms with Gasteiger partial charge in [-0.25, -0.2) is 0 Å². The second-order valence-corrected chi connectivity index (χ2v) is 7.21. The van der Waals surface area contributed by atoms with Gasteiger partial charge < -0.3 is 19.3 Å². The summed E-state index contributed by atoms with van der Waals surface area (Å²) in [6.45, 7) is 9.80. The van der Waals surface area contributed by atoms with Crippen molar-refractivity contribution in [1.29, 1.82) is 0 Å². The number of rotatable bonds is 9. The number of carbonyl (C=O) groups is 2. The Balaban J connectivity index is 1.91. The summed E-state index contributed by atoms with van der Waals surface area (Å²) in [6.07, 6.45) is 0.626. The predicted octanol–water partition coefficient (Wildman–Crippen LogP) is 1.84. The van der Waals surface area contributed by atoms with E-state index in [0.717, 1.165) is 44.0 Å². The fourth-order valence-electron chi connectivity index (χ4n) is 3.86. The zero-order valence-corrected chi connectivity index (χ0v) is 17.6. The molecule has 0 aliphatic carbocycles. The predicted molar refractivity (Wildman–Crippen MR) is 111 cm³/mol. The van der Waals surface area contributed by atoms with E-state index in [1.165, 1.54) is 4.90 Å². The van der Waals surface area contributed by atoms with Gasteiger partial charge in [0.25, 0.3) is 11.8 Å². The molecular formula is C22H31N3O4. The molecule has 29 heavy (non-hydrogen) atoms. The van der Waals surface area contributed by atoms with Crippen LogP contribution in [0.15, 0.2) is 30.0 Å². The van der Waals surface area contributed by atoms with Crippen LogP contribution in [0.25, 0.3) is 5.57 Å². The van der Waals surface area contributed by atoms with E-state index < -0.39 is 0 Å². The van der Waals surface area contributed by atoms with Gasteiger partial charge in [0, 0.05) is 46.4 Å². The zero-order valence-electron chi connectivity index (χ0n) is 17.6. The van der Waals surface area contributed by atoms with Gasteiger partial charge in [0.15, 0.2) is 0 Å². The highest BCUT2D eigenvalue weighted by Crippen LogP contribution is 2.33. The van der Waals surface area contributed by atoms with Gasteiger partial charge in [0.05, 0.1) is 12.2 Å². The fourth-order valence-corrected chi connectivity index (χ4v) is 3.86. The highest BCUT2D eigenvalue weighted by atomic mass is 16.5. The molecule has 1 saturated heterocycles. The van der Waals surface area contributed by atoms with Crippen LogP contribution in [0, 0.1) is 0 Å². The second-order valence-electron chi connectivity index (χ2n) is 7.21. The maximum atomic E-state index is 13.2. The van der Waals surface area contributed by atoms with E-state index in [1.807, 2.05) is 31.2 Å². The van der Waals surface area contributed by atoms with Gasteiger partial charge in [-0.2, -0.15) is 0 Å². The third-order valence-corrected chi connectivity index (χ3v) is 5.46. The van der Waals surface area contributed by atoms with Gasteiger partial charge in [-0.05, 0) is 37.6 Å². The van der Waals surface area contributed by atoms with Crippen molar-refractivity contribution in [1.82, 2.24) is 14.7 Å². The molecule has 0 saturated carbocycles. The zero-order chi connectivity index (χ0) is 20.8. The molecule has 2 heterocycles. The molecule has 0 radical (unpaired) electrons. The van der Waals surface area contributed by atoms with Crippen LogP contribution in [0.2, 0.25) is 0 Å². The molecule has 158 valence electrons. The molecule has 1 fully saturated rings. The largest absolute Gasteiger partial charge is 0.494 e. The van der Waals surface area contributed by atoms with Crippen LogP contribution in [0.5, 0.6) is 5.75 Å². The van der Waals surface area contributed by atoms with Crippen molar-refractivity contribution < 1.29 is 19.1 Å². The smallest absolute Gasteiger partial charge is 0.277 e. The van der Waals surface area contributed by atoms with E-state index in [4.69, 9.17) is 9.47 Å². The normalized spacial score (nSPS) is 18.2. The van der Waals surface area contributed by atoms with Crippen molar-refractivity contribution in [2.45, 2.75) is 20.3 Å². The summed E-state index contributed by atoms with van der Waals surface area (Å²) in [4.78, 5) is 32.3. The highest BCUT2D eigenvalue weighted by molar-refractivity contribution is 6.35. The molecule has 0 bridgehead atoms. The summed E-state index contributed by atoms with van der Waals surface area (Å²) in [5, 5.41) is 0. The topological polar surface area (TPSA) is 62.3 Å². The molecule has 2 aliphatic heterocycles. The lowest BCUT2D eigenvalue weighted by atomic mass is 10.0. The Labute approximate surface area is 172 Å². The number of benzene rings is 1. The molecule has 0 N–H and O–H groups in total. The number of hydrogen-bond donors (Lipinski definition) is 0. The molecule has 7 heteroatoms. The second kappa shape index (κ2) is 9.89. The molecule has 0 unspecified atom stereocenters. The monoisotopic (exact) mass is 401 g/mol. The van der Waals surface area contributed by atoms with Crippen LogP contribution in [-0.2, 0) is 14.3 Å². The number of methoxy groups -OCH3 is 1. The quantitative estimate of drug-likeness (QED) is 0.465. The first-order valence-electron chi connectivity index (χ1n) is 10.4. The van der Waals surface area contributed by atoms with Gasteiger partial charge in [-0.15, -0.1) is 0 Å². The summed E-state index contributed by atoms with van der Waals surface area (Å²) in [5.74, 6) is 0.340. The Hall–Kier alpha value is -2.38. The number of ether oxygens (including phenoxy) is 2. The first-order valence-corrected chi connectivity index (χ1v) is 10.4. The third kappa shape index (κ3) is 4.62. The average Bonchev–Trinajstić information content (AvgIpc) is 2.99. The molecule has 3 rings (SSSR count). The summed E-state index contributed by atoms with van der Waals surface area (Å²) in [5.41, 5.74) is 1.79. The van der Waals surface area contributed by atoms with Crippen molar-refractivity contribution in [2.24, 2.45) is 0 Å². The van der Waals surface area contributed by atoms with Crippen molar-refractivity contribution >= 4 is 17.4 Å². The molecule has 1 aromatic carbocycles. The van der Waals surface area contributed by atoms with Crippen molar-refractivity contribution in [3.63, 3.8) is 0 Å². The molecular weight excluding hydrogens is 370 g/mol. The van der Waals surface area contributed by atoms with Gasteiger partial charge >= 0.3 is 0 Å². The summed E-state index contributed by atoms with van der Waals surface area (Å²) in [6, 6.07) is 7.44. The van der Waals surface area contributed by atoms with Crippen LogP contribution in [0.4, 0.5) is 0 Å². The van der Waals surface area contributed by atoms with Crippen LogP contribution >= 0.6 is 0 Å². The lowest BCUT2D eigenvalue weighted by molar-refractivity contribution is -0.137. The number of imide groups is 1. The third-order valence-electron chi connectivity index (χ3n) is 5.46. The highest BCUT2D eigenvalue weighted by Gasteiger charge is 2.41. The number of nitrogens with zero attached hydrogens (tertiary/aromatic N) is 3. The standard InChI is InChI=1S/C22H31N3O4/c1-4-23-12-14-24(15-13-23)20-19(17-7-9-18(10-8-17)29-5-2)21(26)25(22(20)27)11-6-16-28-3/h7-10H,4-6,11-16H2,1-3H3. The minimum Gasteiger partial charge on any atom is -0.494 e. The molecule has 1 aromatic rings. The SMILES string of the molecule is CCOc1ccc(C2=C(N3CCN(CC)CC3)C(=O)N(CCCOC)C2=O)cc1. The number of likely N-dealkylation sites (N-methyl/N-ethyl adjacent to an activating group) is 1. The lowest BCUT2D eigenvalue weighted by Gasteiger charge is -2.36. The first kappa shape index (κ1) is 21.3. The van der Waals surface area contributed by atoms with Crippen LogP contribution < -0.4 is 4.74 Å². The van der Waals surface area contributed by atoms with Crippen molar-refractivity contribution in [3.8, 4) is 5.75 Å². The number of amides is 2. The minimum atomic E-state index is -0.219. The Kier molecular flexibility index (Phi) is 7.28. The van der Waals surface area contributed by atoms with Gasteiger partial charge in [0.1, 0.15) is 11.4 Å². The van der Waals surface area contributed by atoms with Gasteiger partial charge in [0.2, 0.25) is 0 Å². The van der Waals surface area contributed by atoms with Gasteiger partial charge in [-0.1, -0.05) is 19.1 Å². The summed E-state index contributed by atoms with van der Waals surface area (Å²) >= 11 is 0. The fraction of sp³-hybridized carbons (Fsp3) is 0.545. The number of carbonyl (C=O) groups excluding carboxylic acids is 2. The maximum absolute atomic E-state index is 13.2. The Morgan fingerprint density at radius 2 is 1.66 bits per heavy atom. The Bertz CT molecular complexity index is 752. The average molecular weight is 402 g/mol. The minimum absolute atomic E-state index is 0.195. The van der Waals surface area contributed by atoms with Gasteiger partial charge in [-0.3, -0.25) is 14.5 Å². The molecule has 0 aromatic heterocycles. The summed E-state index contributed by atoms with van der Waals surface area (Å²) < 4.78 is 10.6. The first-order chi connectivity index (χ1) is 14.1. The Morgan fingerprint density at radius 1 is 0.966 bits per heavy atom. The van der Waals surface area contributed by atoms with E-state index in [0.29, 0.717) is 37.4 Å². The molecule has 2 aliphatic rings. The van der Waals surface area contributed by atoms with Crippen LogP contribution in [-0.4, -0.2) is 86.1 Å². The molecule has 0 atom stereocenters.